The molecule has 0 fully saturated rings. The fraction of sp³-hybridized carbons (Fsp3) is 0.0952. The highest BCUT2D eigenvalue weighted by Crippen LogP contribution is 2.25. The van der Waals surface area contributed by atoms with Crippen LogP contribution in [-0.2, 0) is 9.53 Å². The van der Waals surface area contributed by atoms with E-state index in [0.29, 0.717) is 16.4 Å². The van der Waals surface area contributed by atoms with Crippen molar-refractivity contribution in [2.45, 2.75) is 13.0 Å². The second-order valence-electron chi connectivity index (χ2n) is 6.17. The van der Waals surface area contributed by atoms with Crippen molar-refractivity contribution in [1.29, 1.82) is 0 Å². The summed E-state index contributed by atoms with van der Waals surface area (Å²) in [5.74, 6) is -1.49. The molecule has 0 aliphatic heterocycles. The van der Waals surface area contributed by atoms with Crippen molar-refractivity contribution in [3.63, 3.8) is 0 Å². The zero-order valence-electron chi connectivity index (χ0n) is 15.6. The number of anilines is 2. The smallest absolute Gasteiger partial charge is 0.338 e. The predicted octanol–water partition coefficient (Wildman–Crippen LogP) is 5.02. The van der Waals surface area contributed by atoms with Crippen LogP contribution in [-0.4, -0.2) is 23.9 Å². The second-order valence-corrected chi connectivity index (χ2v) is 7.01. The first-order chi connectivity index (χ1) is 14.3. The predicted molar refractivity (Wildman–Crippen MR) is 113 cm³/mol. The Balaban J connectivity index is 1.56. The average Bonchev–Trinajstić information content (AvgIpc) is 3.25. The van der Waals surface area contributed by atoms with Gasteiger partial charge in [-0.25, -0.2) is 4.79 Å². The monoisotopic (exact) mass is 446 g/mol. The van der Waals surface area contributed by atoms with E-state index in [2.05, 4.69) is 10.6 Å². The molecule has 0 spiro atoms. The Labute approximate surface area is 181 Å². The molecule has 0 aliphatic carbocycles. The van der Waals surface area contributed by atoms with Gasteiger partial charge in [-0.15, -0.1) is 0 Å². The Hall–Kier alpha value is -3.29. The molecule has 3 aromatic rings. The lowest BCUT2D eigenvalue weighted by molar-refractivity contribution is -0.123. The topological polar surface area (TPSA) is 97.6 Å². The van der Waals surface area contributed by atoms with Gasteiger partial charge in [0, 0.05) is 10.7 Å². The zero-order chi connectivity index (χ0) is 21.7. The molecular weight excluding hydrogens is 431 g/mol. The van der Waals surface area contributed by atoms with Crippen LogP contribution in [0.25, 0.3) is 0 Å². The number of rotatable bonds is 6. The van der Waals surface area contributed by atoms with Gasteiger partial charge < -0.3 is 19.8 Å². The van der Waals surface area contributed by atoms with Crippen LogP contribution in [0.15, 0.2) is 65.3 Å². The van der Waals surface area contributed by atoms with Crippen molar-refractivity contribution < 1.29 is 23.5 Å². The highest BCUT2D eigenvalue weighted by Gasteiger charge is 2.20. The lowest BCUT2D eigenvalue weighted by Gasteiger charge is -2.14. The molecule has 154 valence electrons. The van der Waals surface area contributed by atoms with Crippen molar-refractivity contribution in [3.8, 4) is 0 Å². The van der Waals surface area contributed by atoms with Crippen molar-refractivity contribution >= 4 is 52.4 Å². The van der Waals surface area contributed by atoms with Gasteiger partial charge in [0.05, 0.1) is 22.5 Å². The van der Waals surface area contributed by atoms with Crippen LogP contribution in [0.1, 0.15) is 27.8 Å². The first-order valence-corrected chi connectivity index (χ1v) is 9.51. The Kier molecular flexibility index (Phi) is 6.76. The van der Waals surface area contributed by atoms with Crippen molar-refractivity contribution in [3.05, 3.63) is 82.2 Å². The van der Waals surface area contributed by atoms with E-state index in [4.69, 9.17) is 32.4 Å². The Morgan fingerprint density at radius 2 is 1.73 bits per heavy atom. The number of furan rings is 1. The molecule has 0 saturated carbocycles. The Morgan fingerprint density at radius 1 is 1.00 bits per heavy atom. The molecule has 1 unspecified atom stereocenters. The van der Waals surface area contributed by atoms with Gasteiger partial charge in [-0.1, -0.05) is 23.2 Å². The first-order valence-electron chi connectivity index (χ1n) is 8.75. The molecule has 0 saturated heterocycles. The molecular formula is C21H16Cl2N2O5. The maximum Gasteiger partial charge on any atom is 0.338 e. The molecule has 30 heavy (non-hydrogen) atoms. The lowest BCUT2D eigenvalue weighted by atomic mass is 10.2. The molecule has 0 aliphatic rings. The molecule has 2 aromatic carbocycles. The summed E-state index contributed by atoms with van der Waals surface area (Å²) in [6.45, 7) is 1.44. The number of amides is 2. The summed E-state index contributed by atoms with van der Waals surface area (Å²) in [6.07, 6.45) is 0.328. The summed E-state index contributed by atoms with van der Waals surface area (Å²) >= 11 is 11.8. The molecule has 0 bridgehead atoms. The van der Waals surface area contributed by atoms with Crippen LogP contribution in [0.2, 0.25) is 10.0 Å². The fourth-order valence-electron chi connectivity index (χ4n) is 2.40. The molecule has 1 aromatic heterocycles. The van der Waals surface area contributed by atoms with Gasteiger partial charge in [-0.05, 0) is 61.5 Å². The highest BCUT2D eigenvalue weighted by molar-refractivity contribution is 6.36. The summed E-state index contributed by atoms with van der Waals surface area (Å²) in [6, 6.07) is 13.8. The summed E-state index contributed by atoms with van der Waals surface area (Å²) in [5, 5.41) is 5.91. The Morgan fingerprint density at radius 3 is 2.37 bits per heavy atom. The largest absolute Gasteiger partial charge is 0.459 e. The molecule has 9 heteroatoms. The van der Waals surface area contributed by atoms with E-state index in [-0.39, 0.29) is 16.3 Å². The third kappa shape index (κ3) is 5.40. The summed E-state index contributed by atoms with van der Waals surface area (Å²) in [7, 11) is 0. The maximum absolute atomic E-state index is 12.3. The van der Waals surface area contributed by atoms with Gasteiger partial charge in [-0.2, -0.15) is 0 Å². The molecule has 1 heterocycles. The van der Waals surface area contributed by atoms with Crippen molar-refractivity contribution in [1.82, 2.24) is 0 Å². The van der Waals surface area contributed by atoms with Gasteiger partial charge in [0.25, 0.3) is 11.8 Å². The number of nitrogens with one attached hydrogen (secondary N) is 2. The van der Waals surface area contributed by atoms with Crippen LogP contribution in [0.5, 0.6) is 0 Å². The average molecular weight is 447 g/mol. The van der Waals surface area contributed by atoms with E-state index in [9.17, 15) is 14.4 Å². The van der Waals surface area contributed by atoms with Gasteiger partial charge >= 0.3 is 5.97 Å². The number of carbonyl (C=O) groups excluding carboxylic acids is 3. The van der Waals surface area contributed by atoms with Gasteiger partial charge in [0.15, 0.2) is 11.9 Å². The van der Waals surface area contributed by atoms with Crippen LogP contribution in [0.3, 0.4) is 0 Å². The van der Waals surface area contributed by atoms with Crippen LogP contribution < -0.4 is 10.6 Å². The quantitative estimate of drug-likeness (QED) is 0.517. The van der Waals surface area contributed by atoms with E-state index in [0.717, 1.165) is 0 Å². The van der Waals surface area contributed by atoms with E-state index < -0.39 is 23.9 Å². The zero-order valence-corrected chi connectivity index (χ0v) is 17.2. The third-order valence-electron chi connectivity index (χ3n) is 3.97. The van der Waals surface area contributed by atoms with Crippen LogP contribution >= 0.6 is 23.2 Å². The molecule has 2 N–H and O–H groups in total. The fourth-order valence-corrected chi connectivity index (χ4v) is 2.85. The highest BCUT2D eigenvalue weighted by atomic mass is 35.5. The number of hydrogen-bond acceptors (Lipinski definition) is 5. The number of hydrogen-bond donors (Lipinski definition) is 2. The second kappa shape index (κ2) is 9.47. The van der Waals surface area contributed by atoms with Gasteiger partial charge in [0.2, 0.25) is 0 Å². The lowest BCUT2D eigenvalue weighted by Crippen LogP contribution is -2.30. The van der Waals surface area contributed by atoms with Gasteiger partial charge in [0.1, 0.15) is 0 Å². The SMILES string of the molecule is CC(OC(=O)c1ccc(NC(=O)c2ccco2)cc1)C(=O)Nc1ccc(Cl)cc1Cl. The molecule has 3 rings (SSSR count). The molecule has 0 radical (unpaired) electrons. The molecule has 2 amide bonds. The standard InChI is InChI=1S/C21H16Cl2N2O5/c1-12(19(26)25-17-9-6-14(22)11-16(17)23)30-21(28)13-4-7-15(8-5-13)24-20(27)18-3-2-10-29-18/h2-12H,1H3,(H,24,27)(H,25,26). The minimum atomic E-state index is -1.07. The van der Waals surface area contributed by atoms with Crippen LogP contribution in [0.4, 0.5) is 11.4 Å². The number of ether oxygens (including phenoxy) is 1. The first kappa shape index (κ1) is 21.4. The summed E-state index contributed by atoms with van der Waals surface area (Å²) in [5.41, 5.74) is 1.04. The Bertz CT molecular complexity index is 1070. The number of carbonyl (C=O) groups is 3. The normalized spacial score (nSPS) is 11.4. The van der Waals surface area contributed by atoms with Crippen molar-refractivity contribution in [2.75, 3.05) is 10.6 Å². The van der Waals surface area contributed by atoms with E-state index in [1.807, 2.05) is 0 Å². The number of halogens is 2. The maximum atomic E-state index is 12.3. The minimum absolute atomic E-state index is 0.166. The third-order valence-corrected chi connectivity index (χ3v) is 4.51. The summed E-state index contributed by atoms with van der Waals surface area (Å²) < 4.78 is 10.2. The van der Waals surface area contributed by atoms with Crippen molar-refractivity contribution in [2.24, 2.45) is 0 Å². The molecule has 1 atom stereocenters. The number of esters is 1. The summed E-state index contributed by atoms with van der Waals surface area (Å²) in [4.78, 5) is 36.5. The van der Waals surface area contributed by atoms with E-state index in [1.54, 1.807) is 18.2 Å². The van der Waals surface area contributed by atoms with Crippen LogP contribution in [0, 0.1) is 0 Å². The van der Waals surface area contributed by atoms with Gasteiger partial charge in [-0.3, -0.25) is 9.59 Å². The molecule has 7 nitrogen and oxygen atoms in total. The van der Waals surface area contributed by atoms with E-state index in [1.165, 1.54) is 49.6 Å². The number of benzene rings is 2. The minimum Gasteiger partial charge on any atom is -0.459 e. The van der Waals surface area contributed by atoms with E-state index >= 15 is 0 Å².